The van der Waals surface area contributed by atoms with Gasteiger partial charge in [-0.2, -0.15) is 0 Å². The summed E-state index contributed by atoms with van der Waals surface area (Å²) in [5.74, 6) is -1.25. The lowest BCUT2D eigenvalue weighted by atomic mass is 10.3. The van der Waals surface area contributed by atoms with Gasteiger partial charge in [0.15, 0.2) is 0 Å². The summed E-state index contributed by atoms with van der Waals surface area (Å²) in [5, 5.41) is 8.84. The third kappa shape index (κ3) is 3.31. The molecule has 0 saturated heterocycles. The molecule has 0 radical (unpaired) electrons. The average Bonchev–Trinajstić information content (AvgIpc) is 2.38. The van der Waals surface area contributed by atoms with Gasteiger partial charge in [0.1, 0.15) is 10.7 Å². The van der Waals surface area contributed by atoms with E-state index in [0.717, 1.165) is 6.07 Å². The lowest BCUT2D eigenvalue weighted by molar-refractivity contribution is 0.0697. The minimum absolute atomic E-state index is 0.0607. The number of nitrogens with one attached hydrogen (secondary N) is 1. The number of rotatable bonds is 4. The number of aromatic carboxylic acids is 1. The number of halogens is 1. The van der Waals surface area contributed by atoms with E-state index in [9.17, 15) is 13.2 Å². The van der Waals surface area contributed by atoms with Crippen molar-refractivity contribution in [3.8, 4) is 0 Å². The minimum Gasteiger partial charge on any atom is -0.478 e. The highest BCUT2D eigenvalue weighted by atomic mass is 79.9. The van der Waals surface area contributed by atoms with Gasteiger partial charge in [0, 0.05) is 23.1 Å². The minimum atomic E-state index is -3.88. The first-order valence-corrected chi connectivity index (χ1v) is 7.49. The third-order valence-corrected chi connectivity index (χ3v) is 3.99. The molecule has 0 amide bonds. The maximum Gasteiger partial charge on any atom is 0.335 e. The molecular formula is C11H8BrN3O4S. The first-order valence-electron chi connectivity index (χ1n) is 5.21. The van der Waals surface area contributed by atoms with Crippen molar-refractivity contribution in [1.29, 1.82) is 0 Å². The number of carboxylic acids is 1. The number of anilines is 1. The van der Waals surface area contributed by atoms with Crippen LogP contribution in [-0.4, -0.2) is 29.5 Å². The zero-order valence-electron chi connectivity index (χ0n) is 9.82. The zero-order chi connectivity index (χ0) is 14.8. The number of aromatic nitrogens is 2. The van der Waals surface area contributed by atoms with E-state index in [1.165, 1.54) is 30.7 Å². The van der Waals surface area contributed by atoms with E-state index in [2.05, 4.69) is 30.6 Å². The lowest BCUT2D eigenvalue weighted by Crippen LogP contribution is -2.14. The Morgan fingerprint density at radius 1 is 1.30 bits per heavy atom. The summed E-state index contributed by atoms with van der Waals surface area (Å²) in [7, 11) is -3.88. The molecule has 20 heavy (non-hydrogen) atoms. The number of hydrogen-bond donors (Lipinski definition) is 2. The molecule has 2 N–H and O–H groups in total. The summed E-state index contributed by atoms with van der Waals surface area (Å²) in [6, 6.07) is 3.77. The van der Waals surface area contributed by atoms with Crippen molar-refractivity contribution in [2.75, 3.05) is 4.72 Å². The molecular weight excluding hydrogens is 350 g/mol. The Hall–Kier alpha value is -2.00. The van der Waals surface area contributed by atoms with Crippen LogP contribution in [0.5, 0.6) is 0 Å². The van der Waals surface area contributed by atoms with Gasteiger partial charge in [0.05, 0.1) is 5.56 Å². The molecule has 0 aliphatic carbocycles. The van der Waals surface area contributed by atoms with Gasteiger partial charge < -0.3 is 5.11 Å². The van der Waals surface area contributed by atoms with Crippen LogP contribution in [0.15, 0.2) is 46.2 Å². The van der Waals surface area contributed by atoms with Crippen molar-refractivity contribution in [2.45, 2.75) is 4.90 Å². The highest BCUT2D eigenvalue weighted by Crippen LogP contribution is 2.17. The Balaban J connectivity index is 2.33. The second kappa shape index (κ2) is 5.55. The average molecular weight is 358 g/mol. The number of hydrogen-bond acceptors (Lipinski definition) is 5. The largest absolute Gasteiger partial charge is 0.478 e. The van der Waals surface area contributed by atoms with Gasteiger partial charge in [-0.15, -0.1) is 0 Å². The highest BCUT2D eigenvalue weighted by molar-refractivity contribution is 9.10. The molecule has 0 spiro atoms. The SMILES string of the molecule is O=C(O)c1ccnc(NS(=O)(=O)c2cncc(Br)c2)c1. The van der Waals surface area contributed by atoms with Crippen molar-refractivity contribution >= 4 is 37.7 Å². The Bertz CT molecular complexity index is 764. The molecule has 2 heterocycles. The van der Waals surface area contributed by atoms with Crippen molar-refractivity contribution in [2.24, 2.45) is 0 Å². The van der Waals surface area contributed by atoms with E-state index >= 15 is 0 Å². The fourth-order valence-corrected chi connectivity index (χ4v) is 2.86. The standard InChI is InChI=1S/C11H8BrN3O4S/c12-8-4-9(6-13-5-8)20(18,19)15-10-3-7(11(16)17)1-2-14-10/h1-6H,(H,14,15)(H,16,17). The van der Waals surface area contributed by atoms with Crippen LogP contribution < -0.4 is 4.72 Å². The number of carbonyl (C=O) groups is 1. The van der Waals surface area contributed by atoms with Crippen molar-refractivity contribution in [3.05, 3.63) is 46.8 Å². The molecule has 104 valence electrons. The van der Waals surface area contributed by atoms with Crippen LogP contribution in [0.3, 0.4) is 0 Å². The van der Waals surface area contributed by atoms with Crippen LogP contribution >= 0.6 is 15.9 Å². The quantitative estimate of drug-likeness (QED) is 0.862. The van der Waals surface area contributed by atoms with Crippen LogP contribution in [0.25, 0.3) is 0 Å². The smallest absolute Gasteiger partial charge is 0.335 e. The Morgan fingerprint density at radius 3 is 2.70 bits per heavy atom. The van der Waals surface area contributed by atoms with Gasteiger partial charge in [-0.3, -0.25) is 9.71 Å². The monoisotopic (exact) mass is 357 g/mol. The van der Waals surface area contributed by atoms with E-state index in [1.807, 2.05) is 0 Å². The molecule has 0 unspecified atom stereocenters. The molecule has 0 saturated carbocycles. The topological polar surface area (TPSA) is 109 Å². The molecule has 9 heteroatoms. The van der Waals surface area contributed by atoms with Gasteiger partial charge in [-0.25, -0.2) is 18.2 Å². The number of carboxylic acid groups (broad SMARTS) is 1. The molecule has 0 bridgehead atoms. The Labute approximate surface area is 122 Å². The molecule has 2 aromatic rings. The van der Waals surface area contributed by atoms with E-state index in [0.29, 0.717) is 4.47 Å². The Kier molecular flexibility index (Phi) is 4.00. The first-order chi connectivity index (χ1) is 9.38. The van der Waals surface area contributed by atoms with Gasteiger partial charge in [0.2, 0.25) is 0 Å². The maximum atomic E-state index is 12.1. The van der Waals surface area contributed by atoms with Gasteiger partial charge in [0.25, 0.3) is 10.0 Å². The summed E-state index contributed by atoms with van der Waals surface area (Å²) in [4.78, 5) is 18.3. The molecule has 0 fully saturated rings. The summed E-state index contributed by atoms with van der Waals surface area (Å²) in [5.41, 5.74) is -0.0648. The highest BCUT2D eigenvalue weighted by Gasteiger charge is 2.16. The predicted octanol–water partition coefficient (Wildman–Crippen LogP) is 1.74. The van der Waals surface area contributed by atoms with Gasteiger partial charge in [-0.05, 0) is 34.1 Å². The second-order valence-corrected chi connectivity index (χ2v) is 6.28. The summed E-state index contributed by atoms with van der Waals surface area (Å²) in [6.45, 7) is 0. The van der Waals surface area contributed by atoms with E-state index in [4.69, 9.17) is 5.11 Å². The molecule has 0 atom stereocenters. The Morgan fingerprint density at radius 2 is 2.05 bits per heavy atom. The van der Waals surface area contributed by atoms with Gasteiger partial charge in [-0.1, -0.05) is 0 Å². The van der Waals surface area contributed by atoms with Crippen molar-refractivity contribution < 1.29 is 18.3 Å². The molecule has 7 nitrogen and oxygen atoms in total. The van der Waals surface area contributed by atoms with Crippen LogP contribution in [0, 0.1) is 0 Å². The van der Waals surface area contributed by atoms with Crippen LogP contribution in [0.1, 0.15) is 10.4 Å². The van der Waals surface area contributed by atoms with E-state index < -0.39 is 16.0 Å². The third-order valence-electron chi connectivity index (χ3n) is 2.24. The number of sulfonamides is 1. The first kappa shape index (κ1) is 14.4. The van der Waals surface area contributed by atoms with E-state index in [1.54, 1.807) is 0 Å². The molecule has 0 aliphatic heterocycles. The maximum absolute atomic E-state index is 12.1. The number of nitrogens with zero attached hydrogens (tertiary/aromatic N) is 2. The van der Waals surface area contributed by atoms with Crippen LogP contribution in [-0.2, 0) is 10.0 Å². The normalized spacial score (nSPS) is 11.1. The summed E-state index contributed by atoms with van der Waals surface area (Å²) >= 11 is 3.12. The second-order valence-electron chi connectivity index (χ2n) is 3.68. The number of pyridine rings is 2. The van der Waals surface area contributed by atoms with Crippen molar-refractivity contribution in [3.63, 3.8) is 0 Å². The summed E-state index contributed by atoms with van der Waals surface area (Å²) < 4.78 is 26.9. The molecule has 2 aromatic heterocycles. The summed E-state index contributed by atoms with van der Waals surface area (Å²) in [6.07, 6.45) is 3.83. The predicted molar refractivity (Wildman–Crippen MR) is 73.9 cm³/mol. The molecule has 2 rings (SSSR count). The molecule has 0 aliphatic rings. The fourth-order valence-electron chi connectivity index (χ4n) is 1.36. The lowest BCUT2D eigenvalue weighted by Gasteiger charge is -2.07. The molecule has 0 aromatic carbocycles. The van der Waals surface area contributed by atoms with Crippen LogP contribution in [0.4, 0.5) is 5.82 Å². The van der Waals surface area contributed by atoms with Crippen LogP contribution in [0.2, 0.25) is 0 Å². The van der Waals surface area contributed by atoms with E-state index in [-0.39, 0.29) is 16.3 Å². The van der Waals surface area contributed by atoms with Crippen molar-refractivity contribution in [1.82, 2.24) is 9.97 Å². The zero-order valence-corrected chi connectivity index (χ0v) is 12.2. The fraction of sp³-hybridized carbons (Fsp3) is 0. The van der Waals surface area contributed by atoms with Gasteiger partial charge >= 0.3 is 5.97 Å².